The number of hydrogen-bond acceptors (Lipinski definition) is 4. The monoisotopic (exact) mass is 432 g/mol. The van der Waals surface area contributed by atoms with E-state index in [1.807, 2.05) is 53.6 Å². The second kappa shape index (κ2) is 8.11. The van der Waals surface area contributed by atoms with Gasteiger partial charge in [-0.25, -0.2) is 23.4 Å². The molecule has 4 heterocycles. The topological polar surface area (TPSA) is 61.4 Å². The van der Waals surface area contributed by atoms with Crippen LogP contribution < -0.4 is 0 Å². The van der Waals surface area contributed by atoms with E-state index in [0.29, 0.717) is 11.4 Å². The van der Waals surface area contributed by atoms with Crippen LogP contribution in [-0.2, 0) is 6.54 Å². The molecule has 0 saturated heterocycles. The SMILES string of the molecule is Cc1cn(-c2ccc(/C=C/c3nc4n(n3)CCC[C@@H]4c3cc(F)cc(F)c3)nc2C)cn1. The second-order valence-corrected chi connectivity index (χ2v) is 8.05. The van der Waals surface area contributed by atoms with Gasteiger partial charge in [0.1, 0.15) is 17.5 Å². The summed E-state index contributed by atoms with van der Waals surface area (Å²) in [6.45, 7) is 4.64. The molecule has 6 nitrogen and oxygen atoms in total. The Morgan fingerprint density at radius 3 is 2.56 bits per heavy atom. The zero-order chi connectivity index (χ0) is 22.2. The van der Waals surface area contributed by atoms with Crippen LogP contribution in [0, 0.1) is 25.5 Å². The van der Waals surface area contributed by atoms with Crippen molar-refractivity contribution in [2.45, 2.75) is 39.2 Å². The van der Waals surface area contributed by atoms with Crippen molar-refractivity contribution in [3.63, 3.8) is 0 Å². The number of halogens is 2. The van der Waals surface area contributed by atoms with Crippen LogP contribution in [0.25, 0.3) is 17.8 Å². The van der Waals surface area contributed by atoms with Crippen LogP contribution in [0.3, 0.4) is 0 Å². The summed E-state index contributed by atoms with van der Waals surface area (Å²) in [4.78, 5) is 13.6. The van der Waals surface area contributed by atoms with E-state index >= 15 is 0 Å². The number of aromatic nitrogens is 6. The first-order chi connectivity index (χ1) is 15.5. The van der Waals surface area contributed by atoms with E-state index in [4.69, 9.17) is 0 Å². The standard InChI is InChI=1S/C24H22F2N6/c1-15-13-31(14-27-15)22-7-5-20(28-16(22)2)6-8-23-29-24-21(4-3-9-32(24)30-23)17-10-18(25)12-19(26)11-17/h5-8,10-14,21H,3-4,9H2,1-2H3/b8-6+/t21-/m1/s1. The fourth-order valence-corrected chi connectivity index (χ4v) is 4.18. The van der Waals surface area contributed by atoms with Crippen molar-refractivity contribution >= 4 is 12.2 Å². The molecule has 0 bridgehead atoms. The van der Waals surface area contributed by atoms with Crippen LogP contribution in [0.5, 0.6) is 0 Å². The predicted molar refractivity (Wildman–Crippen MR) is 117 cm³/mol. The molecule has 0 saturated carbocycles. The molecule has 1 atom stereocenters. The Kier molecular flexibility index (Phi) is 5.13. The maximum absolute atomic E-state index is 13.7. The van der Waals surface area contributed by atoms with Gasteiger partial charge in [-0.15, -0.1) is 0 Å². The molecular weight excluding hydrogens is 410 g/mol. The van der Waals surface area contributed by atoms with Gasteiger partial charge < -0.3 is 4.57 Å². The Balaban J connectivity index is 1.40. The maximum atomic E-state index is 13.7. The highest BCUT2D eigenvalue weighted by atomic mass is 19.1. The Morgan fingerprint density at radius 2 is 1.84 bits per heavy atom. The zero-order valence-corrected chi connectivity index (χ0v) is 17.8. The lowest BCUT2D eigenvalue weighted by molar-refractivity contribution is 0.443. The summed E-state index contributed by atoms with van der Waals surface area (Å²) in [6, 6.07) is 7.58. The van der Waals surface area contributed by atoms with Gasteiger partial charge >= 0.3 is 0 Å². The molecule has 32 heavy (non-hydrogen) atoms. The molecule has 0 aliphatic carbocycles. The van der Waals surface area contributed by atoms with Gasteiger partial charge in [0.25, 0.3) is 0 Å². The summed E-state index contributed by atoms with van der Waals surface area (Å²) in [6.07, 6.45) is 9.07. The number of hydrogen-bond donors (Lipinski definition) is 0. The summed E-state index contributed by atoms with van der Waals surface area (Å²) in [5.74, 6) is -0.0460. The largest absolute Gasteiger partial charge is 0.304 e. The van der Waals surface area contributed by atoms with Gasteiger partial charge in [0.05, 0.1) is 29.1 Å². The molecule has 0 unspecified atom stereocenters. The first-order valence-electron chi connectivity index (χ1n) is 10.5. The highest BCUT2D eigenvalue weighted by molar-refractivity contribution is 5.65. The van der Waals surface area contributed by atoms with Crippen molar-refractivity contribution in [3.05, 3.63) is 88.8 Å². The van der Waals surface area contributed by atoms with E-state index in [2.05, 4.69) is 20.1 Å². The molecule has 1 aromatic carbocycles. The minimum absolute atomic E-state index is 0.179. The number of fused-ring (bicyclic) bond motifs is 1. The molecule has 0 N–H and O–H groups in total. The molecule has 1 aliphatic rings. The number of benzene rings is 1. The average Bonchev–Trinajstić information content (AvgIpc) is 3.37. The van der Waals surface area contributed by atoms with Crippen molar-refractivity contribution in [1.82, 2.24) is 29.3 Å². The Bertz CT molecular complexity index is 1300. The Hall–Kier alpha value is -3.68. The molecule has 3 aromatic heterocycles. The minimum atomic E-state index is -0.576. The van der Waals surface area contributed by atoms with Gasteiger partial charge in [-0.1, -0.05) is 0 Å². The summed E-state index contributed by atoms with van der Waals surface area (Å²) in [7, 11) is 0. The smallest absolute Gasteiger partial charge is 0.174 e. The van der Waals surface area contributed by atoms with Crippen molar-refractivity contribution in [3.8, 4) is 5.69 Å². The summed E-state index contributed by atoms with van der Waals surface area (Å²) < 4.78 is 31.3. The predicted octanol–water partition coefficient (Wildman–Crippen LogP) is 4.85. The van der Waals surface area contributed by atoms with E-state index in [1.165, 1.54) is 12.1 Å². The molecule has 5 rings (SSSR count). The van der Waals surface area contributed by atoms with Gasteiger partial charge in [0.15, 0.2) is 5.82 Å². The fraction of sp³-hybridized carbons (Fsp3) is 0.250. The van der Waals surface area contributed by atoms with Crippen LogP contribution in [0.15, 0.2) is 42.9 Å². The van der Waals surface area contributed by atoms with E-state index in [9.17, 15) is 8.78 Å². The molecule has 0 amide bonds. The molecule has 0 fully saturated rings. The van der Waals surface area contributed by atoms with Crippen LogP contribution in [0.4, 0.5) is 8.78 Å². The maximum Gasteiger partial charge on any atom is 0.174 e. The third kappa shape index (κ3) is 3.95. The minimum Gasteiger partial charge on any atom is -0.304 e. The van der Waals surface area contributed by atoms with E-state index in [0.717, 1.165) is 54.0 Å². The average molecular weight is 432 g/mol. The Morgan fingerprint density at radius 1 is 1.03 bits per heavy atom. The van der Waals surface area contributed by atoms with Crippen molar-refractivity contribution < 1.29 is 8.78 Å². The highest BCUT2D eigenvalue weighted by Crippen LogP contribution is 2.33. The quantitative estimate of drug-likeness (QED) is 0.463. The third-order valence-corrected chi connectivity index (χ3v) is 5.65. The summed E-state index contributed by atoms with van der Waals surface area (Å²) in [5.41, 5.74) is 4.19. The van der Waals surface area contributed by atoms with Crippen LogP contribution in [-0.4, -0.2) is 29.3 Å². The number of rotatable bonds is 4. The second-order valence-electron chi connectivity index (χ2n) is 8.05. The summed E-state index contributed by atoms with van der Waals surface area (Å²) in [5, 5.41) is 4.57. The molecule has 1 aliphatic heterocycles. The van der Waals surface area contributed by atoms with Gasteiger partial charge in [-0.3, -0.25) is 4.98 Å². The number of imidazole rings is 1. The number of aryl methyl sites for hydroxylation is 3. The van der Waals surface area contributed by atoms with Gasteiger partial charge in [-0.2, -0.15) is 5.10 Å². The first-order valence-corrected chi connectivity index (χ1v) is 10.5. The molecular formula is C24H22F2N6. The van der Waals surface area contributed by atoms with Crippen LogP contribution in [0.2, 0.25) is 0 Å². The molecule has 162 valence electrons. The van der Waals surface area contributed by atoms with Gasteiger partial charge in [0, 0.05) is 24.7 Å². The first kappa shape index (κ1) is 20.2. The zero-order valence-electron chi connectivity index (χ0n) is 17.8. The van der Waals surface area contributed by atoms with Gasteiger partial charge in [-0.05, 0) is 68.7 Å². The Labute approximate surface area is 184 Å². The lowest BCUT2D eigenvalue weighted by atomic mass is 9.91. The molecule has 0 spiro atoms. The lowest BCUT2D eigenvalue weighted by Crippen LogP contribution is -2.18. The lowest BCUT2D eigenvalue weighted by Gasteiger charge is -2.22. The van der Waals surface area contributed by atoms with Crippen LogP contribution >= 0.6 is 0 Å². The normalized spacial score (nSPS) is 15.9. The summed E-state index contributed by atoms with van der Waals surface area (Å²) >= 11 is 0. The number of pyridine rings is 1. The fourth-order valence-electron chi connectivity index (χ4n) is 4.18. The van der Waals surface area contributed by atoms with Crippen molar-refractivity contribution in [2.75, 3.05) is 0 Å². The van der Waals surface area contributed by atoms with Crippen molar-refractivity contribution in [1.29, 1.82) is 0 Å². The van der Waals surface area contributed by atoms with E-state index < -0.39 is 11.6 Å². The van der Waals surface area contributed by atoms with Crippen LogP contribution in [0.1, 0.15) is 53.1 Å². The highest BCUT2D eigenvalue weighted by Gasteiger charge is 2.26. The van der Waals surface area contributed by atoms with E-state index in [1.54, 1.807) is 6.33 Å². The number of nitrogens with zero attached hydrogens (tertiary/aromatic N) is 6. The molecule has 8 heteroatoms. The third-order valence-electron chi connectivity index (χ3n) is 5.65. The molecule has 0 radical (unpaired) electrons. The molecule has 4 aromatic rings. The van der Waals surface area contributed by atoms with Crippen molar-refractivity contribution in [2.24, 2.45) is 0 Å². The van der Waals surface area contributed by atoms with Gasteiger partial charge in [0.2, 0.25) is 0 Å². The van der Waals surface area contributed by atoms with E-state index in [-0.39, 0.29) is 5.92 Å².